The highest BCUT2D eigenvalue weighted by atomic mass is 32.2. The summed E-state index contributed by atoms with van der Waals surface area (Å²) in [6.07, 6.45) is 4.18. The molecule has 4 rings (SSSR count). The number of methoxy groups -OCH3 is 1. The molecule has 0 aliphatic carbocycles. The SMILES string of the molecule is CCn1c(CN2Cc3ccc(OC)nc3C2)ncc(OCC2CCN(S(C)(=O)=O)CC2)c1=O. The number of hydrogen-bond donors (Lipinski definition) is 0. The highest BCUT2D eigenvalue weighted by Crippen LogP contribution is 2.25. The second-order valence-electron chi connectivity index (χ2n) is 8.61. The van der Waals surface area contributed by atoms with Crippen LogP contribution >= 0.6 is 0 Å². The van der Waals surface area contributed by atoms with Crippen LogP contribution < -0.4 is 15.0 Å². The predicted octanol–water partition coefficient (Wildman–Crippen LogP) is 1.23. The molecule has 2 aromatic heterocycles. The minimum Gasteiger partial charge on any atom is -0.486 e. The van der Waals surface area contributed by atoms with Gasteiger partial charge in [0, 0.05) is 38.8 Å². The van der Waals surface area contributed by atoms with Crippen LogP contribution in [-0.4, -0.2) is 65.2 Å². The Morgan fingerprint density at radius 2 is 1.94 bits per heavy atom. The fraction of sp³-hybridized carbons (Fsp3) is 0.591. The molecule has 0 unspecified atom stereocenters. The fourth-order valence-electron chi connectivity index (χ4n) is 4.40. The van der Waals surface area contributed by atoms with Gasteiger partial charge in [0.2, 0.25) is 21.7 Å². The first kappa shape index (κ1) is 23.7. The van der Waals surface area contributed by atoms with Crippen molar-refractivity contribution in [2.75, 3.05) is 33.1 Å². The van der Waals surface area contributed by atoms with Crippen molar-refractivity contribution >= 4 is 10.0 Å². The molecule has 0 radical (unpaired) electrons. The van der Waals surface area contributed by atoms with E-state index in [1.807, 2.05) is 19.1 Å². The van der Waals surface area contributed by atoms with Crippen molar-refractivity contribution in [3.63, 3.8) is 0 Å². The fourth-order valence-corrected chi connectivity index (χ4v) is 5.27. The monoisotopic (exact) mass is 477 g/mol. The summed E-state index contributed by atoms with van der Waals surface area (Å²) in [6, 6.07) is 3.89. The van der Waals surface area contributed by atoms with Crippen LogP contribution in [0.4, 0.5) is 0 Å². The Morgan fingerprint density at radius 1 is 1.18 bits per heavy atom. The number of nitrogens with zero attached hydrogens (tertiary/aromatic N) is 5. The number of aromatic nitrogens is 3. The first-order chi connectivity index (χ1) is 15.8. The van der Waals surface area contributed by atoms with Crippen LogP contribution in [0, 0.1) is 5.92 Å². The zero-order valence-corrected chi connectivity index (χ0v) is 20.2. The Labute approximate surface area is 194 Å². The van der Waals surface area contributed by atoms with E-state index in [-0.39, 0.29) is 17.2 Å². The Kier molecular flexibility index (Phi) is 7.01. The smallest absolute Gasteiger partial charge is 0.295 e. The van der Waals surface area contributed by atoms with E-state index >= 15 is 0 Å². The van der Waals surface area contributed by atoms with E-state index in [9.17, 15) is 13.2 Å². The quantitative estimate of drug-likeness (QED) is 0.559. The van der Waals surface area contributed by atoms with Crippen molar-refractivity contribution in [2.24, 2.45) is 5.92 Å². The number of piperidine rings is 1. The number of pyridine rings is 1. The van der Waals surface area contributed by atoms with Crippen LogP contribution in [-0.2, 0) is 36.2 Å². The van der Waals surface area contributed by atoms with Gasteiger partial charge in [0.05, 0.1) is 38.4 Å². The molecule has 1 fully saturated rings. The summed E-state index contributed by atoms with van der Waals surface area (Å²) >= 11 is 0. The molecule has 0 spiro atoms. The van der Waals surface area contributed by atoms with Gasteiger partial charge in [-0.05, 0) is 31.2 Å². The third-order valence-corrected chi connectivity index (χ3v) is 7.62. The van der Waals surface area contributed by atoms with Crippen molar-refractivity contribution in [3.8, 4) is 11.6 Å². The van der Waals surface area contributed by atoms with Crippen molar-refractivity contribution in [3.05, 3.63) is 45.8 Å². The lowest BCUT2D eigenvalue weighted by atomic mass is 9.99. The maximum Gasteiger partial charge on any atom is 0.295 e. The van der Waals surface area contributed by atoms with Gasteiger partial charge in [0.15, 0.2) is 0 Å². The van der Waals surface area contributed by atoms with Crippen LogP contribution in [0.25, 0.3) is 0 Å². The van der Waals surface area contributed by atoms with E-state index in [0.717, 1.165) is 30.6 Å². The summed E-state index contributed by atoms with van der Waals surface area (Å²) in [7, 11) is -1.55. The average Bonchev–Trinajstić information content (AvgIpc) is 3.20. The molecular formula is C22H31N5O5S. The van der Waals surface area contributed by atoms with Gasteiger partial charge in [-0.1, -0.05) is 6.07 Å². The summed E-state index contributed by atoms with van der Waals surface area (Å²) in [5.41, 5.74) is 1.96. The molecule has 4 heterocycles. The summed E-state index contributed by atoms with van der Waals surface area (Å²) in [6.45, 7) is 5.73. The minimum absolute atomic E-state index is 0.187. The van der Waals surface area contributed by atoms with Crippen LogP contribution in [0.3, 0.4) is 0 Å². The van der Waals surface area contributed by atoms with E-state index in [0.29, 0.717) is 51.0 Å². The molecule has 0 atom stereocenters. The van der Waals surface area contributed by atoms with Gasteiger partial charge >= 0.3 is 0 Å². The average molecular weight is 478 g/mol. The molecule has 0 N–H and O–H groups in total. The predicted molar refractivity (Wildman–Crippen MR) is 123 cm³/mol. The van der Waals surface area contributed by atoms with E-state index in [4.69, 9.17) is 9.47 Å². The standard InChI is InChI=1S/C22H31N5O5S/c1-4-27-20(14-25-12-17-5-6-21(31-2)24-18(17)13-25)23-11-19(22(27)28)32-15-16-7-9-26(10-8-16)33(3,29)30/h5-6,11,16H,4,7-10,12-15H2,1-3H3. The molecule has 0 aromatic carbocycles. The molecule has 0 bridgehead atoms. The zero-order chi connectivity index (χ0) is 23.6. The lowest BCUT2D eigenvalue weighted by molar-refractivity contribution is 0.182. The van der Waals surface area contributed by atoms with Crippen molar-refractivity contribution in [1.82, 2.24) is 23.7 Å². The Morgan fingerprint density at radius 3 is 2.61 bits per heavy atom. The van der Waals surface area contributed by atoms with Crippen LogP contribution in [0.15, 0.2) is 23.1 Å². The first-order valence-corrected chi connectivity index (χ1v) is 13.0. The number of rotatable bonds is 8. The Bertz CT molecular complexity index is 1160. The molecule has 2 aromatic rings. The van der Waals surface area contributed by atoms with E-state index < -0.39 is 10.0 Å². The maximum absolute atomic E-state index is 13.0. The van der Waals surface area contributed by atoms with Gasteiger partial charge < -0.3 is 9.47 Å². The molecule has 33 heavy (non-hydrogen) atoms. The molecule has 2 aliphatic rings. The van der Waals surface area contributed by atoms with Crippen LogP contribution in [0.5, 0.6) is 11.6 Å². The van der Waals surface area contributed by atoms with Gasteiger partial charge in [-0.3, -0.25) is 14.3 Å². The van der Waals surface area contributed by atoms with Crippen LogP contribution in [0.2, 0.25) is 0 Å². The van der Waals surface area contributed by atoms with Crippen LogP contribution in [0.1, 0.15) is 36.8 Å². The van der Waals surface area contributed by atoms with Gasteiger partial charge in [-0.15, -0.1) is 0 Å². The Hall–Kier alpha value is -2.50. The van der Waals surface area contributed by atoms with Gasteiger partial charge in [-0.2, -0.15) is 0 Å². The third-order valence-electron chi connectivity index (χ3n) is 6.32. The van der Waals surface area contributed by atoms with Crippen molar-refractivity contribution in [1.29, 1.82) is 0 Å². The normalized spacial score (nSPS) is 17.8. The molecule has 0 amide bonds. The number of fused-ring (bicyclic) bond motifs is 1. The lowest BCUT2D eigenvalue weighted by Crippen LogP contribution is -2.39. The van der Waals surface area contributed by atoms with Crippen molar-refractivity contribution in [2.45, 2.75) is 45.9 Å². The second-order valence-corrected chi connectivity index (χ2v) is 10.6. The summed E-state index contributed by atoms with van der Waals surface area (Å²) in [5.74, 6) is 1.74. The van der Waals surface area contributed by atoms with Gasteiger partial charge in [0.25, 0.3) is 5.56 Å². The summed E-state index contributed by atoms with van der Waals surface area (Å²) in [5, 5.41) is 0. The van der Waals surface area contributed by atoms with E-state index in [2.05, 4.69) is 14.9 Å². The summed E-state index contributed by atoms with van der Waals surface area (Å²) in [4.78, 5) is 24.3. The molecule has 2 aliphatic heterocycles. The van der Waals surface area contributed by atoms with E-state index in [1.54, 1.807) is 11.7 Å². The molecular weight excluding hydrogens is 446 g/mol. The van der Waals surface area contributed by atoms with E-state index in [1.165, 1.54) is 16.8 Å². The summed E-state index contributed by atoms with van der Waals surface area (Å²) < 4.78 is 37.5. The topological polar surface area (TPSA) is 107 Å². The second kappa shape index (κ2) is 9.78. The number of sulfonamides is 1. The van der Waals surface area contributed by atoms with Gasteiger partial charge in [-0.25, -0.2) is 22.7 Å². The zero-order valence-electron chi connectivity index (χ0n) is 19.4. The lowest BCUT2D eigenvalue weighted by Gasteiger charge is -2.30. The maximum atomic E-state index is 13.0. The third kappa shape index (κ3) is 5.36. The minimum atomic E-state index is -3.15. The highest BCUT2D eigenvalue weighted by molar-refractivity contribution is 7.88. The largest absolute Gasteiger partial charge is 0.486 e. The number of ether oxygens (including phenoxy) is 2. The molecule has 11 heteroatoms. The highest BCUT2D eigenvalue weighted by Gasteiger charge is 2.26. The molecule has 0 saturated carbocycles. The van der Waals surface area contributed by atoms with Crippen molar-refractivity contribution < 1.29 is 17.9 Å². The molecule has 180 valence electrons. The molecule has 10 nitrogen and oxygen atoms in total. The molecule has 1 saturated heterocycles. The number of hydrogen-bond acceptors (Lipinski definition) is 8. The Balaban J connectivity index is 1.38. The first-order valence-electron chi connectivity index (χ1n) is 11.2. The van der Waals surface area contributed by atoms with Gasteiger partial charge in [0.1, 0.15) is 5.82 Å².